The highest BCUT2D eigenvalue weighted by molar-refractivity contribution is 7.10. The monoisotopic (exact) mass is 298 g/mol. The number of thiophene rings is 1. The molecule has 0 atom stereocenters. The van der Waals surface area contributed by atoms with Gasteiger partial charge in [0.2, 0.25) is 0 Å². The summed E-state index contributed by atoms with van der Waals surface area (Å²) in [7, 11) is 0. The Labute approximate surface area is 128 Å². The lowest BCUT2D eigenvalue weighted by Gasteiger charge is -2.29. The zero-order chi connectivity index (χ0) is 14.2. The molecule has 0 fully saturated rings. The summed E-state index contributed by atoms with van der Waals surface area (Å²) in [5, 5.41) is 2.08. The number of pyridine rings is 1. The van der Waals surface area contributed by atoms with Crippen LogP contribution < -0.4 is 0 Å². The fourth-order valence-corrected chi connectivity index (χ4v) is 4.52. The first-order valence-corrected chi connectivity index (χ1v) is 8.51. The fourth-order valence-electron chi connectivity index (χ4n) is 3.40. The number of rotatable bonds is 1. The summed E-state index contributed by atoms with van der Waals surface area (Å²) in [5.41, 5.74) is 4.82. The number of aromatic nitrogens is 1. The van der Waals surface area contributed by atoms with Crippen LogP contribution in [0.25, 0.3) is 0 Å². The molecule has 4 rings (SSSR count). The normalized spacial score (nSPS) is 17.2. The highest BCUT2D eigenvalue weighted by Crippen LogP contribution is 2.31. The largest absolute Gasteiger partial charge is 0.334 e. The van der Waals surface area contributed by atoms with Crippen molar-refractivity contribution < 1.29 is 4.79 Å². The first kappa shape index (κ1) is 13.0. The van der Waals surface area contributed by atoms with E-state index < -0.39 is 0 Å². The predicted octanol–water partition coefficient (Wildman–Crippen LogP) is 3.22. The molecule has 1 aliphatic heterocycles. The van der Waals surface area contributed by atoms with Crippen LogP contribution in [-0.2, 0) is 25.8 Å². The first-order valence-electron chi connectivity index (χ1n) is 7.63. The van der Waals surface area contributed by atoms with E-state index in [1.165, 1.54) is 34.4 Å². The van der Waals surface area contributed by atoms with Crippen molar-refractivity contribution in [2.24, 2.45) is 0 Å². The second-order valence-corrected chi connectivity index (χ2v) is 6.84. The maximum Gasteiger partial charge on any atom is 0.255 e. The molecule has 3 heterocycles. The SMILES string of the molecule is O=C(c1csc2c1CCCC2)N1CCc2ccncc2C1. The summed E-state index contributed by atoms with van der Waals surface area (Å²) < 4.78 is 0. The standard InChI is InChI=1S/C17H18N2OS/c20-17(15-11-21-16-4-2-1-3-14(15)16)19-8-6-12-5-7-18-9-13(12)10-19/h5,7,9,11H,1-4,6,8,10H2. The van der Waals surface area contributed by atoms with Gasteiger partial charge in [0.05, 0.1) is 5.56 Å². The lowest BCUT2D eigenvalue weighted by molar-refractivity contribution is 0.0733. The third kappa shape index (κ3) is 2.27. The van der Waals surface area contributed by atoms with Gasteiger partial charge in [-0.25, -0.2) is 0 Å². The minimum Gasteiger partial charge on any atom is -0.334 e. The zero-order valence-electron chi connectivity index (χ0n) is 12.0. The summed E-state index contributed by atoms with van der Waals surface area (Å²) in [6, 6.07) is 2.07. The lowest BCUT2D eigenvalue weighted by atomic mass is 9.94. The van der Waals surface area contributed by atoms with E-state index in [1.54, 1.807) is 11.3 Å². The minimum atomic E-state index is 0.212. The molecule has 0 saturated carbocycles. The van der Waals surface area contributed by atoms with Crippen LogP contribution in [0.1, 0.15) is 44.8 Å². The van der Waals surface area contributed by atoms with Gasteiger partial charge >= 0.3 is 0 Å². The van der Waals surface area contributed by atoms with Gasteiger partial charge in [-0.2, -0.15) is 0 Å². The van der Waals surface area contributed by atoms with Gasteiger partial charge in [0.15, 0.2) is 0 Å². The van der Waals surface area contributed by atoms with Gasteiger partial charge < -0.3 is 4.90 Å². The van der Waals surface area contributed by atoms with E-state index in [2.05, 4.69) is 16.4 Å². The first-order chi connectivity index (χ1) is 10.3. The number of nitrogens with zero attached hydrogens (tertiary/aromatic N) is 2. The van der Waals surface area contributed by atoms with Crippen molar-refractivity contribution in [1.29, 1.82) is 0 Å². The molecule has 0 bridgehead atoms. The van der Waals surface area contributed by atoms with E-state index in [4.69, 9.17) is 0 Å². The number of carbonyl (C=O) groups excluding carboxylic acids is 1. The van der Waals surface area contributed by atoms with Gasteiger partial charge in [-0.3, -0.25) is 9.78 Å². The van der Waals surface area contributed by atoms with Gasteiger partial charge in [-0.1, -0.05) is 0 Å². The van der Waals surface area contributed by atoms with Gasteiger partial charge in [-0.15, -0.1) is 11.3 Å². The molecule has 4 heteroatoms. The molecule has 21 heavy (non-hydrogen) atoms. The fraction of sp³-hybridized carbons (Fsp3) is 0.412. The highest BCUT2D eigenvalue weighted by Gasteiger charge is 2.26. The minimum absolute atomic E-state index is 0.212. The Bertz CT molecular complexity index is 692. The average Bonchev–Trinajstić information content (AvgIpc) is 2.98. The van der Waals surface area contributed by atoms with Crippen molar-refractivity contribution in [3.63, 3.8) is 0 Å². The molecule has 0 radical (unpaired) electrons. The van der Waals surface area contributed by atoms with E-state index >= 15 is 0 Å². The number of hydrogen-bond acceptors (Lipinski definition) is 3. The van der Waals surface area contributed by atoms with E-state index in [0.717, 1.165) is 31.4 Å². The number of aryl methyl sites for hydroxylation is 1. The van der Waals surface area contributed by atoms with Crippen molar-refractivity contribution in [2.75, 3.05) is 6.54 Å². The summed E-state index contributed by atoms with van der Waals surface area (Å²) >= 11 is 1.77. The van der Waals surface area contributed by atoms with Crippen LogP contribution in [0.3, 0.4) is 0 Å². The predicted molar refractivity (Wildman–Crippen MR) is 83.6 cm³/mol. The Morgan fingerprint density at radius 1 is 1.19 bits per heavy atom. The molecule has 3 nitrogen and oxygen atoms in total. The Morgan fingerprint density at radius 2 is 2.10 bits per heavy atom. The van der Waals surface area contributed by atoms with Crippen LogP contribution >= 0.6 is 11.3 Å². The summed E-state index contributed by atoms with van der Waals surface area (Å²) in [4.78, 5) is 20.5. The van der Waals surface area contributed by atoms with Gasteiger partial charge in [0.25, 0.3) is 5.91 Å². The molecule has 2 aromatic heterocycles. The Hall–Kier alpha value is -1.68. The molecule has 1 aliphatic carbocycles. The van der Waals surface area contributed by atoms with E-state index in [1.807, 2.05) is 17.3 Å². The second kappa shape index (κ2) is 5.26. The zero-order valence-corrected chi connectivity index (χ0v) is 12.8. The topological polar surface area (TPSA) is 33.2 Å². The average molecular weight is 298 g/mol. The number of amides is 1. The third-order valence-corrected chi connectivity index (χ3v) is 5.68. The van der Waals surface area contributed by atoms with Crippen molar-refractivity contribution in [3.8, 4) is 0 Å². The molecule has 0 saturated heterocycles. The highest BCUT2D eigenvalue weighted by atomic mass is 32.1. The lowest BCUT2D eigenvalue weighted by Crippen LogP contribution is -2.36. The van der Waals surface area contributed by atoms with Gasteiger partial charge in [0, 0.05) is 35.7 Å². The Balaban J connectivity index is 1.60. The van der Waals surface area contributed by atoms with Crippen LogP contribution in [0.4, 0.5) is 0 Å². The molecular weight excluding hydrogens is 280 g/mol. The quantitative estimate of drug-likeness (QED) is 0.810. The Kier molecular flexibility index (Phi) is 3.26. The van der Waals surface area contributed by atoms with Crippen molar-refractivity contribution >= 4 is 17.2 Å². The summed E-state index contributed by atoms with van der Waals surface area (Å²) in [6.07, 6.45) is 9.39. The third-order valence-electron chi connectivity index (χ3n) is 4.60. The van der Waals surface area contributed by atoms with Crippen molar-refractivity contribution in [3.05, 3.63) is 51.0 Å². The van der Waals surface area contributed by atoms with Crippen LogP contribution in [0.2, 0.25) is 0 Å². The van der Waals surface area contributed by atoms with Gasteiger partial charge in [-0.05, 0) is 54.9 Å². The van der Waals surface area contributed by atoms with Crippen LogP contribution in [0.5, 0.6) is 0 Å². The molecule has 0 aromatic carbocycles. The molecule has 1 amide bonds. The van der Waals surface area contributed by atoms with E-state index in [0.29, 0.717) is 6.54 Å². The van der Waals surface area contributed by atoms with E-state index in [-0.39, 0.29) is 5.91 Å². The molecule has 2 aliphatic rings. The maximum atomic E-state index is 12.9. The number of fused-ring (bicyclic) bond motifs is 2. The van der Waals surface area contributed by atoms with Crippen LogP contribution in [0.15, 0.2) is 23.8 Å². The molecule has 0 N–H and O–H groups in total. The molecular formula is C17H18N2OS. The number of carbonyl (C=O) groups is 1. The summed E-state index contributed by atoms with van der Waals surface area (Å²) in [5.74, 6) is 0.212. The van der Waals surface area contributed by atoms with Crippen LogP contribution in [-0.4, -0.2) is 22.3 Å². The summed E-state index contributed by atoms with van der Waals surface area (Å²) in [6.45, 7) is 1.52. The van der Waals surface area contributed by atoms with Crippen molar-refractivity contribution in [1.82, 2.24) is 9.88 Å². The molecule has 108 valence electrons. The van der Waals surface area contributed by atoms with Gasteiger partial charge in [0.1, 0.15) is 0 Å². The van der Waals surface area contributed by atoms with E-state index in [9.17, 15) is 4.79 Å². The van der Waals surface area contributed by atoms with Crippen LogP contribution in [0, 0.1) is 0 Å². The van der Waals surface area contributed by atoms with Crippen molar-refractivity contribution in [2.45, 2.75) is 38.6 Å². The maximum absolute atomic E-state index is 12.9. The molecule has 0 spiro atoms. The molecule has 2 aromatic rings. The number of hydrogen-bond donors (Lipinski definition) is 0. The molecule has 0 unspecified atom stereocenters. The Morgan fingerprint density at radius 3 is 3.05 bits per heavy atom. The second-order valence-electron chi connectivity index (χ2n) is 5.88. The smallest absolute Gasteiger partial charge is 0.255 e.